The van der Waals surface area contributed by atoms with Crippen LogP contribution < -0.4 is 16.8 Å². The van der Waals surface area contributed by atoms with Crippen LogP contribution in [0, 0.1) is 0 Å². The molecule has 13 nitrogen and oxygen atoms in total. The molecule has 0 saturated carbocycles. The number of rotatable bonds is 10. The lowest BCUT2D eigenvalue weighted by molar-refractivity contribution is -0.150. The fraction of sp³-hybridized carbons (Fsp3) is 0.353. The normalized spacial score (nSPS) is 20.1. The molecule has 1 fully saturated rings. The van der Waals surface area contributed by atoms with E-state index in [-0.39, 0.29) is 35.4 Å². The lowest BCUT2D eigenvalue weighted by Crippen LogP contribution is -2.71. The number of oxime groups is 1. The SMILES string of the molecule is NCCON=C(C(=O)NC1C(=O)N2C(C(=O)O)=C(CSc3nncs3)CS[C@H]12)c1csc(N)n1. The smallest absolute Gasteiger partial charge is 0.352 e. The maximum Gasteiger partial charge on any atom is 0.352 e. The van der Waals surface area contributed by atoms with Crippen molar-refractivity contribution in [3.63, 3.8) is 0 Å². The number of anilines is 1. The van der Waals surface area contributed by atoms with Gasteiger partial charge in [0.25, 0.3) is 11.8 Å². The van der Waals surface area contributed by atoms with Crippen molar-refractivity contribution in [1.29, 1.82) is 0 Å². The van der Waals surface area contributed by atoms with Crippen molar-refractivity contribution in [2.75, 3.05) is 30.4 Å². The van der Waals surface area contributed by atoms with Gasteiger partial charge in [-0.05, 0) is 5.57 Å². The van der Waals surface area contributed by atoms with Gasteiger partial charge in [-0.3, -0.25) is 14.5 Å². The molecule has 180 valence electrons. The molecule has 0 aromatic carbocycles. The fourth-order valence-electron chi connectivity index (χ4n) is 3.14. The van der Waals surface area contributed by atoms with Crippen molar-refractivity contribution in [2.45, 2.75) is 15.8 Å². The summed E-state index contributed by atoms with van der Waals surface area (Å²) in [7, 11) is 0. The van der Waals surface area contributed by atoms with E-state index < -0.39 is 29.2 Å². The molecule has 2 atom stereocenters. The zero-order valence-corrected chi connectivity index (χ0v) is 20.5. The summed E-state index contributed by atoms with van der Waals surface area (Å²) in [5.74, 6) is -1.68. The van der Waals surface area contributed by atoms with Crippen LogP contribution in [0.1, 0.15) is 5.69 Å². The highest BCUT2D eigenvalue weighted by Crippen LogP contribution is 2.41. The van der Waals surface area contributed by atoms with Gasteiger partial charge >= 0.3 is 5.97 Å². The molecule has 1 saturated heterocycles. The third-order valence-electron chi connectivity index (χ3n) is 4.59. The van der Waals surface area contributed by atoms with E-state index in [1.54, 1.807) is 5.51 Å². The number of nitrogens with two attached hydrogens (primary N) is 2. The van der Waals surface area contributed by atoms with Gasteiger partial charge in [0.1, 0.15) is 34.9 Å². The van der Waals surface area contributed by atoms with E-state index >= 15 is 0 Å². The summed E-state index contributed by atoms with van der Waals surface area (Å²) in [4.78, 5) is 48.1. The highest BCUT2D eigenvalue weighted by Gasteiger charge is 2.54. The summed E-state index contributed by atoms with van der Waals surface area (Å²) in [5.41, 5.74) is 13.2. The van der Waals surface area contributed by atoms with E-state index in [0.717, 1.165) is 11.3 Å². The van der Waals surface area contributed by atoms with Crippen LogP contribution in [0.2, 0.25) is 0 Å². The van der Waals surface area contributed by atoms with Gasteiger partial charge in [0.15, 0.2) is 15.2 Å². The molecule has 2 amide bonds. The summed E-state index contributed by atoms with van der Waals surface area (Å²) in [6.45, 7) is 0.270. The predicted octanol–water partition coefficient (Wildman–Crippen LogP) is -0.213. The van der Waals surface area contributed by atoms with Crippen LogP contribution in [0.5, 0.6) is 0 Å². The number of carboxylic acids is 1. The molecule has 0 radical (unpaired) electrons. The third kappa shape index (κ3) is 5.02. The number of carbonyl (C=O) groups is 3. The fourth-order valence-corrected chi connectivity index (χ4v) is 6.66. The molecule has 2 aromatic rings. The van der Waals surface area contributed by atoms with E-state index in [9.17, 15) is 19.5 Å². The Morgan fingerprint density at radius 2 is 2.24 bits per heavy atom. The van der Waals surface area contributed by atoms with Gasteiger partial charge in [-0.1, -0.05) is 28.3 Å². The van der Waals surface area contributed by atoms with Gasteiger partial charge in [0, 0.05) is 23.4 Å². The highest BCUT2D eigenvalue weighted by atomic mass is 32.2. The molecule has 2 aliphatic rings. The van der Waals surface area contributed by atoms with Crippen molar-refractivity contribution < 1.29 is 24.3 Å². The Labute approximate surface area is 209 Å². The van der Waals surface area contributed by atoms with Crippen molar-refractivity contribution in [1.82, 2.24) is 25.4 Å². The minimum atomic E-state index is -1.20. The number of amides is 2. The number of aromatic nitrogens is 3. The maximum absolute atomic E-state index is 12.9. The Bertz CT molecular complexity index is 1150. The Balaban J connectivity index is 1.49. The number of β-lactam (4-membered cyclic amide) rings is 1. The average molecular weight is 543 g/mol. The summed E-state index contributed by atoms with van der Waals surface area (Å²) in [5, 5.41) is 25.1. The summed E-state index contributed by atoms with van der Waals surface area (Å²) in [6, 6.07) is -0.931. The van der Waals surface area contributed by atoms with Crippen LogP contribution >= 0.6 is 46.2 Å². The van der Waals surface area contributed by atoms with Crippen molar-refractivity contribution >= 4 is 74.8 Å². The second kappa shape index (κ2) is 10.7. The lowest BCUT2D eigenvalue weighted by Gasteiger charge is -2.49. The zero-order valence-electron chi connectivity index (χ0n) is 17.2. The van der Waals surface area contributed by atoms with Gasteiger partial charge in [-0.2, -0.15) is 0 Å². The molecule has 17 heteroatoms. The van der Waals surface area contributed by atoms with Crippen LogP contribution in [0.25, 0.3) is 0 Å². The first-order chi connectivity index (χ1) is 16.4. The lowest BCUT2D eigenvalue weighted by atomic mass is 10.0. The van der Waals surface area contributed by atoms with E-state index in [2.05, 4.69) is 25.7 Å². The van der Waals surface area contributed by atoms with Crippen LogP contribution in [-0.4, -0.2) is 84.8 Å². The molecular weight excluding hydrogens is 525 g/mol. The average Bonchev–Trinajstić information content (AvgIpc) is 3.49. The first-order valence-electron chi connectivity index (χ1n) is 9.62. The topological polar surface area (TPSA) is 199 Å². The molecule has 2 aliphatic heterocycles. The molecule has 0 spiro atoms. The zero-order chi connectivity index (χ0) is 24.2. The number of hydrogen-bond acceptors (Lipinski definition) is 14. The second-order valence-electron chi connectivity index (χ2n) is 6.74. The number of hydrogen-bond donors (Lipinski definition) is 4. The minimum Gasteiger partial charge on any atom is -0.477 e. The van der Waals surface area contributed by atoms with E-state index in [0.29, 0.717) is 21.4 Å². The highest BCUT2D eigenvalue weighted by molar-refractivity contribution is 8.01. The first-order valence-corrected chi connectivity index (χ1v) is 13.4. The number of fused-ring (bicyclic) bond motifs is 1. The Morgan fingerprint density at radius 1 is 1.41 bits per heavy atom. The standard InChI is InChI=1S/C17H18N8O5S4/c18-1-2-30-24-9(8-5-32-16(19)21-8)12(26)22-10-13(27)25-11(15(28)29)7(3-31-14(10)25)4-33-17-23-20-6-34-17/h5-6,10,14H,1-4,18H2,(H2,19,21)(H,22,26)(H,28,29)/t10?,14-/m1/s1. The largest absolute Gasteiger partial charge is 0.477 e. The molecule has 6 N–H and O–H groups in total. The van der Waals surface area contributed by atoms with Crippen molar-refractivity contribution in [3.8, 4) is 0 Å². The number of aliphatic carboxylic acids is 1. The van der Waals surface area contributed by atoms with E-state index in [1.165, 1.54) is 45.1 Å². The Hall–Kier alpha value is -2.73. The molecule has 4 heterocycles. The van der Waals surface area contributed by atoms with Gasteiger partial charge in [0.05, 0.1) is 0 Å². The number of nitrogens with one attached hydrogen (secondary N) is 1. The summed E-state index contributed by atoms with van der Waals surface area (Å²) >= 11 is 5.19. The van der Waals surface area contributed by atoms with Crippen LogP contribution in [0.3, 0.4) is 0 Å². The minimum absolute atomic E-state index is 0.0660. The molecule has 0 bridgehead atoms. The van der Waals surface area contributed by atoms with E-state index in [4.69, 9.17) is 16.3 Å². The number of nitrogen functional groups attached to an aromatic ring is 1. The molecule has 34 heavy (non-hydrogen) atoms. The molecule has 4 rings (SSSR count). The van der Waals surface area contributed by atoms with Crippen LogP contribution in [-0.2, 0) is 19.2 Å². The van der Waals surface area contributed by atoms with E-state index in [1.807, 2.05) is 0 Å². The van der Waals surface area contributed by atoms with Crippen LogP contribution in [0.15, 0.2) is 31.7 Å². The quantitative estimate of drug-likeness (QED) is 0.101. The molecular formula is C17H18N8O5S4. The van der Waals surface area contributed by atoms with Crippen LogP contribution in [0.4, 0.5) is 5.13 Å². The molecule has 2 aromatic heterocycles. The maximum atomic E-state index is 12.9. The molecule has 0 aliphatic carbocycles. The first kappa shape index (κ1) is 24.4. The van der Waals surface area contributed by atoms with Gasteiger partial charge in [-0.25, -0.2) is 9.78 Å². The summed E-state index contributed by atoms with van der Waals surface area (Å²) in [6.07, 6.45) is 0. The monoisotopic (exact) mass is 542 g/mol. The Kier molecular flexibility index (Phi) is 7.67. The number of nitrogens with zero attached hydrogens (tertiary/aromatic N) is 5. The number of thiazole rings is 1. The Morgan fingerprint density at radius 3 is 2.88 bits per heavy atom. The number of carbonyl (C=O) groups excluding carboxylic acids is 2. The second-order valence-corrected chi connectivity index (χ2v) is 10.8. The third-order valence-corrected chi connectivity index (χ3v) is 8.55. The number of carboxylic acid groups (broad SMARTS) is 1. The van der Waals surface area contributed by atoms with Gasteiger partial charge in [-0.15, -0.1) is 33.3 Å². The number of thioether (sulfide) groups is 2. The molecule has 1 unspecified atom stereocenters. The predicted molar refractivity (Wildman–Crippen MR) is 128 cm³/mol. The van der Waals surface area contributed by atoms with Crippen molar-refractivity contribution in [2.24, 2.45) is 10.9 Å². The summed E-state index contributed by atoms with van der Waals surface area (Å²) < 4.78 is 0.704. The van der Waals surface area contributed by atoms with Gasteiger partial charge in [0.2, 0.25) is 0 Å². The van der Waals surface area contributed by atoms with Gasteiger partial charge < -0.3 is 26.7 Å². The van der Waals surface area contributed by atoms with Crippen molar-refractivity contribution in [3.05, 3.63) is 27.9 Å².